The molecule has 2 aliphatic carbocycles. The van der Waals surface area contributed by atoms with Gasteiger partial charge in [0.2, 0.25) is 0 Å². The number of piperidine rings is 1. The minimum Gasteiger partial charge on any atom is -0.444 e. The molecule has 3 aliphatic rings. The fourth-order valence-electron chi connectivity index (χ4n) is 6.28. The third-order valence-corrected chi connectivity index (χ3v) is 7.97. The lowest BCUT2D eigenvalue weighted by molar-refractivity contribution is 0.0138. The Hall–Kier alpha value is -2.57. The molecule has 2 N–H and O–H groups in total. The smallest absolute Gasteiger partial charge is 0.410 e. The molecule has 0 radical (unpaired) electrons. The number of nitrogens with zero attached hydrogens (tertiary/aromatic N) is 4. The monoisotopic (exact) mass is 451 g/mol. The number of ether oxygens (including phenoxy) is 1. The maximum Gasteiger partial charge on any atom is 0.410 e. The topological polar surface area (TPSA) is 86.3 Å². The number of rotatable bonds is 2. The maximum atomic E-state index is 12.5. The van der Waals surface area contributed by atoms with Gasteiger partial charge in [0.1, 0.15) is 23.4 Å². The van der Waals surface area contributed by atoms with Gasteiger partial charge in [-0.15, -0.1) is 0 Å². The average molecular weight is 452 g/mol. The van der Waals surface area contributed by atoms with Crippen LogP contribution in [0.2, 0.25) is 0 Å². The second-order valence-corrected chi connectivity index (χ2v) is 11.2. The molecule has 1 saturated heterocycles. The van der Waals surface area contributed by atoms with E-state index in [0.717, 1.165) is 43.4 Å². The van der Waals surface area contributed by atoms with E-state index in [-0.39, 0.29) is 6.09 Å². The van der Waals surface area contributed by atoms with E-state index < -0.39 is 5.60 Å². The van der Waals surface area contributed by atoms with Crippen LogP contribution < -0.4 is 5.73 Å². The Morgan fingerprint density at radius 1 is 1.21 bits per heavy atom. The summed E-state index contributed by atoms with van der Waals surface area (Å²) in [4.78, 5) is 23.0. The van der Waals surface area contributed by atoms with Crippen molar-refractivity contribution in [3.05, 3.63) is 30.2 Å². The van der Waals surface area contributed by atoms with Gasteiger partial charge in [0.25, 0.3) is 0 Å². The lowest BCUT2D eigenvalue weighted by Crippen LogP contribution is -2.45. The Morgan fingerprint density at radius 2 is 2.00 bits per heavy atom. The lowest BCUT2D eigenvalue weighted by atomic mass is 9.73. The van der Waals surface area contributed by atoms with Crippen LogP contribution in [0.1, 0.15) is 78.2 Å². The van der Waals surface area contributed by atoms with Crippen molar-refractivity contribution in [2.24, 2.45) is 11.3 Å². The quantitative estimate of drug-likeness (QED) is 0.611. The van der Waals surface area contributed by atoms with E-state index in [2.05, 4.69) is 26.8 Å². The Kier molecular flexibility index (Phi) is 5.61. The van der Waals surface area contributed by atoms with Gasteiger partial charge in [0, 0.05) is 25.3 Å². The molecule has 2 aromatic heterocycles. The molecule has 2 atom stereocenters. The first-order chi connectivity index (χ1) is 15.7. The van der Waals surface area contributed by atoms with Crippen LogP contribution in [0.3, 0.4) is 0 Å². The summed E-state index contributed by atoms with van der Waals surface area (Å²) in [5.74, 6) is 1.17. The first-order valence-corrected chi connectivity index (χ1v) is 12.5. The molecular weight excluding hydrogens is 414 g/mol. The molecule has 2 unspecified atom stereocenters. The molecule has 178 valence electrons. The Bertz CT molecular complexity index is 1060. The molecule has 5 rings (SSSR count). The van der Waals surface area contributed by atoms with E-state index in [1.807, 2.05) is 31.7 Å². The van der Waals surface area contributed by atoms with Crippen LogP contribution in [0.5, 0.6) is 0 Å². The van der Waals surface area contributed by atoms with Crippen LogP contribution in [0.25, 0.3) is 11.0 Å². The first-order valence-electron chi connectivity index (χ1n) is 12.5. The highest BCUT2D eigenvalue weighted by atomic mass is 16.6. The third kappa shape index (κ3) is 4.34. The van der Waals surface area contributed by atoms with Crippen LogP contribution in [-0.2, 0) is 4.74 Å². The van der Waals surface area contributed by atoms with Crippen LogP contribution in [-0.4, -0.2) is 44.2 Å². The van der Waals surface area contributed by atoms with Gasteiger partial charge < -0.3 is 19.9 Å². The predicted octanol–water partition coefficient (Wildman–Crippen LogP) is 5.48. The molecule has 1 amide bonds. The second kappa shape index (κ2) is 8.33. The van der Waals surface area contributed by atoms with E-state index in [1.54, 1.807) is 11.9 Å². The minimum absolute atomic E-state index is 0.164. The maximum absolute atomic E-state index is 12.5. The zero-order valence-corrected chi connectivity index (χ0v) is 20.2. The molecule has 2 aromatic rings. The molecule has 7 heteroatoms. The molecular formula is C26H37N5O2. The second-order valence-electron chi connectivity index (χ2n) is 11.2. The number of anilines is 1. The molecule has 3 fully saturated rings. The number of carbonyl (C=O) groups excluding carboxylic acids is 1. The van der Waals surface area contributed by atoms with Crippen molar-refractivity contribution in [2.75, 3.05) is 18.8 Å². The molecule has 33 heavy (non-hydrogen) atoms. The Morgan fingerprint density at radius 3 is 2.76 bits per heavy atom. The van der Waals surface area contributed by atoms with Gasteiger partial charge in [-0.25, -0.2) is 14.8 Å². The summed E-state index contributed by atoms with van der Waals surface area (Å²) < 4.78 is 7.90. The predicted molar refractivity (Wildman–Crippen MR) is 130 cm³/mol. The number of aromatic nitrogens is 3. The van der Waals surface area contributed by atoms with Gasteiger partial charge >= 0.3 is 6.09 Å². The Labute approximate surface area is 196 Å². The van der Waals surface area contributed by atoms with Gasteiger partial charge in [0.15, 0.2) is 0 Å². The summed E-state index contributed by atoms with van der Waals surface area (Å²) in [5, 5.41) is 0.950. The average Bonchev–Trinajstić information content (AvgIpc) is 3.48. The highest BCUT2D eigenvalue weighted by molar-refractivity contribution is 5.86. The zero-order valence-electron chi connectivity index (χ0n) is 20.2. The molecule has 0 aromatic carbocycles. The summed E-state index contributed by atoms with van der Waals surface area (Å²) in [6.45, 7) is 7.40. The van der Waals surface area contributed by atoms with E-state index >= 15 is 0 Å². The van der Waals surface area contributed by atoms with Crippen LogP contribution >= 0.6 is 0 Å². The number of hydrogen-bond donors (Lipinski definition) is 1. The fraction of sp³-hybridized carbons (Fsp3) is 0.654. The fourth-order valence-corrected chi connectivity index (χ4v) is 6.28. The van der Waals surface area contributed by atoms with E-state index in [9.17, 15) is 4.79 Å². The van der Waals surface area contributed by atoms with Crippen LogP contribution in [0.4, 0.5) is 10.6 Å². The molecule has 2 saturated carbocycles. The van der Waals surface area contributed by atoms with E-state index in [4.69, 9.17) is 10.5 Å². The van der Waals surface area contributed by atoms with Gasteiger partial charge in [-0.2, -0.15) is 0 Å². The molecule has 3 heterocycles. The molecule has 1 spiro atoms. The van der Waals surface area contributed by atoms with Crippen LogP contribution in [0, 0.1) is 11.3 Å². The van der Waals surface area contributed by atoms with Crippen LogP contribution in [0.15, 0.2) is 30.2 Å². The number of amides is 1. The van der Waals surface area contributed by atoms with Crippen molar-refractivity contribution < 1.29 is 9.53 Å². The number of carbonyl (C=O) groups is 1. The van der Waals surface area contributed by atoms with Gasteiger partial charge in [-0.1, -0.05) is 11.6 Å². The highest BCUT2D eigenvalue weighted by Crippen LogP contribution is 2.52. The van der Waals surface area contributed by atoms with Crippen molar-refractivity contribution in [2.45, 2.75) is 83.8 Å². The van der Waals surface area contributed by atoms with Crippen molar-refractivity contribution >= 4 is 22.9 Å². The SMILES string of the molecule is CC(C)(C)OC(=O)N1CCC2(CCC/C2=C\C2CCC(n3ccc4c(N)ncnc43)C2)CC1. The largest absolute Gasteiger partial charge is 0.444 e. The standard InChI is InChI=1S/C26H37N5O2/c1-25(2,3)33-24(32)30-13-10-26(11-14-30)9-4-5-19(26)15-18-6-7-20(16-18)31-12-8-21-22(27)28-17-29-23(21)31/h8,12,15,17-18,20H,4-7,9-11,13-14,16H2,1-3H3,(H2,27,28,29)/b19-15+. The lowest BCUT2D eigenvalue weighted by Gasteiger charge is -2.41. The molecule has 0 bridgehead atoms. The van der Waals surface area contributed by atoms with E-state index in [0.29, 0.717) is 23.2 Å². The van der Waals surface area contributed by atoms with Gasteiger partial charge in [0.05, 0.1) is 5.39 Å². The number of fused-ring (bicyclic) bond motifs is 1. The third-order valence-electron chi connectivity index (χ3n) is 7.97. The molecule has 7 nitrogen and oxygen atoms in total. The molecule has 1 aliphatic heterocycles. The first kappa shape index (κ1) is 22.2. The van der Waals surface area contributed by atoms with Gasteiger partial charge in [-0.3, -0.25) is 0 Å². The summed E-state index contributed by atoms with van der Waals surface area (Å²) in [6.07, 6.45) is 15.5. The van der Waals surface area contributed by atoms with Crippen molar-refractivity contribution in [3.63, 3.8) is 0 Å². The van der Waals surface area contributed by atoms with Gasteiger partial charge in [-0.05, 0) is 89.5 Å². The minimum atomic E-state index is -0.438. The Balaban J connectivity index is 1.25. The normalized spacial score (nSPS) is 26.5. The number of nitrogen functional groups attached to an aromatic ring is 1. The summed E-state index contributed by atoms with van der Waals surface area (Å²) >= 11 is 0. The summed E-state index contributed by atoms with van der Waals surface area (Å²) in [6, 6.07) is 2.51. The van der Waals surface area contributed by atoms with Crippen molar-refractivity contribution in [1.82, 2.24) is 19.4 Å². The van der Waals surface area contributed by atoms with Crippen molar-refractivity contribution in [3.8, 4) is 0 Å². The number of likely N-dealkylation sites (tertiary alicyclic amines) is 1. The highest BCUT2D eigenvalue weighted by Gasteiger charge is 2.43. The van der Waals surface area contributed by atoms with E-state index in [1.165, 1.54) is 32.1 Å². The van der Waals surface area contributed by atoms with Crippen molar-refractivity contribution in [1.29, 1.82) is 0 Å². The number of nitrogens with two attached hydrogens (primary N) is 1. The number of allylic oxidation sites excluding steroid dienone is 2. The zero-order chi connectivity index (χ0) is 23.2. The summed E-state index contributed by atoms with van der Waals surface area (Å²) in [7, 11) is 0. The summed E-state index contributed by atoms with van der Waals surface area (Å²) in [5.41, 5.74) is 8.49. The number of hydrogen-bond acceptors (Lipinski definition) is 5.